The Hall–Kier alpha value is 0.0800. The lowest BCUT2D eigenvalue weighted by atomic mass is 9.89. The highest BCUT2D eigenvalue weighted by atomic mass is 35.5. The first-order valence-corrected chi connectivity index (χ1v) is 11.0. The van der Waals surface area contributed by atoms with Crippen LogP contribution in [-0.2, 0) is 10.2 Å². The summed E-state index contributed by atoms with van der Waals surface area (Å²) in [5, 5.41) is 3.45. The summed E-state index contributed by atoms with van der Waals surface area (Å²) in [5.74, 6) is 0. The van der Waals surface area contributed by atoms with Gasteiger partial charge in [0.15, 0.2) is 0 Å². The van der Waals surface area contributed by atoms with E-state index < -0.39 is 10.2 Å². The van der Waals surface area contributed by atoms with Gasteiger partial charge in [-0.15, -0.1) is 12.4 Å². The maximum atomic E-state index is 12.9. The third-order valence-corrected chi connectivity index (χ3v) is 8.22. The van der Waals surface area contributed by atoms with Gasteiger partial charge in [0.25, 0.3) is 10.2 Å². The van der Waals surface area contributed by atoms with E-state index in [1.54, 1.807) is 15.7 Å². The van der Waals surface area contributed by atoms with E-state index in [1.807, 2.05) is 0 Å². The van der Waals surface area contributed by atoms with Gasteiger partial charge in [-0.2, -0.15) is 17.0 Å². The molecule has 6 nitrogen and oxygen atoms in total. The predicted molar refractivity (Wildman–Crippen MR) is 104 cm³/mol. The Kier molecular flexibility index (Phi) is 7.57. The fourth-order valence-electron chi connectivity index (χ4n) is 4.48. The molecule has 2 aliphatic heterocycles. The molecule has 148 valence electrons. The van der Waals surface area contributed by atoms with Gasteiger partial charge in [-0.05, 0) is 31.2 Å². The Morgan fingerprint density at radius 1 is 1.12 bits per heavy atom. The third-order valence-electron chi connectivity index (χ3n) is 6.17. The lowest BCUT2D eigenvalue weighted by Crippen LogP contribution is -2.55. The first kappa shape index (κ1) is 21.4. The predicted octanol–water partition coefficient (Wildman–Crippen LogP) is 1.53. The summed E-state index contributed by atoms with van der Waals surface area (Å²) in [4.78, 5) is 2.44. The molecule has 0 bridgehead atoms. The van der Waals surface area contributed by atoms with Gasteiger partial charge in [-0.1, -0.05) is 26.2 Å². The molecule has 2 saturated heterocycles. The Balaban J connectivity index is 0.00000225. The third kappa shape index (κ3) is 5.08. The normalized spacial score (nSPS) is 30.5. The van der Waals surface area contributed by atoms with Crippen LogP contribution in [0.1, 0.15) is 45.4 Å². The highest BCUT2D eigenvalue weighted by molar-refractivity contribution is 7.86. The van der Waals surface area contributed by atoms with Crippen molar-refractivity contribution in [3.63, 3.8) is 0 Å². The minimum Gasteiger partial charge on any atom is -0.316 e. The van der Waals surface area contributed by atoms with Crippen molar-refractivity contribution in [3.8, 4) is 0 Å². The highest BCUT2D eigenvalue weighted by Crippen LogP contribution is 2.28. The Morgan fingerprint density at radius 2 is 1.76 bits per heavy atom. The molecule has 0 amide bonds. The average molecular weight is 395 g/mol. The summed E-state index contributed by atoms with van der Waals surface area (Å²) in [6, 6.07) is 0.199. The summed E-state index contributed by atoms with van der Waals surface area (Å²) in [5.41, 5.74) is 0.347. The van der Waals surface area contributed by atoms with Crippen LogP contribution >= 0.6 is 12.4 Å². The van der Waals surface area contributed by atoms with E-state index in [-0.39, 0.29) is 18.4 Å². The number of piperazine rings is 1. The molecule has 1 saturated carbocycles. The molecule has 0 spiro atoms. The first-order valence-electron chi connectivity index (χ1n) is 9.57. The first-order chi connectivity index (χ1) is 11.4. The van der Waals surface area contributed by atoms with Crippen LogP contribution in [0.4, 0.5) is 0 Å². The smallest absolute Gasteiger partial charge is 0.282 e. The van der Waals surface area contributed by atoms with Crippen LogP contribution in [0.5, 0.6) is 0 Å². The Labute approximate surface area is 159 Å². The molecule has 1 unspecified atom stereocenters. The summed E-state index contributed by atoms with van der Waals surface area (Å²) in [6.45, 7) is 8.57. The van der Waals surface area contributed by atoms with E-state index >= 15 is 0 Å². The van der Waals surface area contributed by atoms with Gasteiger partial charge in [0.05, 0.1) is 0 Å². The summed E-state index contributed by atoms with van der Waals surface area (Å²) < 4.78 is 29.2. The van der Waals surface area contributed by atoms with Crippen molar-refractivity contribution in [1.82, 2.24) is 18.8 Å². The quantitative estimate of drug-likeness (QED) is 0.768. The van der Waals surface area contributed by atoms with E-state index in [0.29, 0.717) is 18.5 Å². The van der Waals surface area contributed by atoms with Crippen molar-refractivity contribution >= 4 is 22.6 Å². The van der Waals surface area contributed by atoms with Crippen molar-refractivity contribution in [3.05, 3.63) is 0 Å². The molecular formula is C17H35ClN4O2S. The van der Waals surface area contributed by atoms with Gasteiger partial charge in [-0.25, -0.2) is 0 Å². The molecule has 1 N–H and O–H groups in total. The molecule has 0 radical (unpaired) electrons. The highest BCUT2D eigenvalue weighted by Gasteiger charge is 2.36. The molecule has 0 aromatic rings. The van der Waals surface area contributed by atoms with Crippen LogP contribution in [0.15, 0.2) is 0 Å². The van der Waals surface area contributed by atoms with Crippen molar-refractivity contribution in [2.24, 2.45) is 5.41 Å². The molecule has 2 heterocycles. The number of halogens is 1. The van der Waals surface area contributed by atoms with Gasteiger partial charge in [0.2, 0.25) is 0 Å². The zero-order valence-electron chi connectivity index (χ0n) is 15.7. The molecule has 0 aromatic heterocycles. The minimum absolute atomic E-state index is 0. The van der Waals surface area contributed by atoms with Crippen LogP contribution in [-0.4, -0.2) is 80.8 Å². The second-order valence-electron chi connectivity index (χ2n) is 8.23. The second-order valence-corrected chi connectivity index (χ2v) is 10.2. The second kappa shape index (κ2) is 8.85. The van der Waals surface area contributed by atoms with Crippen LogP contribution in [0.25, 0.3) is 0 Å². The fraction of sp³-hybridized carbons (Fsp3) is 1.00. The number of nitrogens with zero attached hydrogens (tertiary/aromatic N) is 3. The molecule has 1 atom stereocenters. The standard InChI is InChI=1S/C17H34N4O2S.ClH/c1-17(8-9-18-14-17)15-20-10-12-21(13-11-20)24(22,23)19(2)16-6-4-3-5-7-16;/h16,18H,3-15H2,1-2H3;1H. The summed E-state index contributed by atoms with van der Waals surface area (Å²) >= 11 is 0. The Morgan fingerprint density at radius 3 is 2.32 bits per heavy atom. The summed E-state index contributed by atoms with van der Waals surface area (Å²) in [6.07, 6.45) is 6.81. The maximum absolute atomic E-state index is 12.9. The van der Waals surface area contributed by atoms with Crippen molar-refractivity contribution in [2.75, 3.05) is 52.9 Å². The van der Waals surface area contributed by atoms with Gasteiger partial charge in [0.1, 0.15) is 0 Å². The molecular weight excluding hydrogens is 360 g/mol. The minimum atomic E-state index is -3.30. The molecule has 1 aliphatic carbocycles. The number of hydrogen-bond donors (Lipinski definition) is 1. The van der Waals surface area contributed by atoms with Crippen molar-refractivity contribution in [2.45, 2.75) is 51.5 Å². The van der Waals surface area contributed by atoms with Gasteiger partial charge in [0, 0.05) is 52.4 Å². The largest absolute Gasteiger partial charge is 0.316 e. The molecule has 3 fully saturated rings. The number of rotatable bonds is 5. The molecule has 0 aromatic carbocycles. The van der Waals surface area contributed by atoms with Crippen LogP contribution in [0.2, 0.25) is 0 Å². The molecule has 25 heavy (non-hydrogen) atoms. The van der Waals surface area contributed by atoms with E-state index in [2.05, 4.69) is 17.1 Å². The SMILES string of the molecule is CN(C1CCCCC1)S(=O)(=O)N1CCN(CC2(C)CCNC2)CC1.Cl. The van der Waals surface area contributed by atoms with Crippen molar-refractivity contribution in [1.29, 1.82) is 0 Å². The van der Waals surface area contributed by atoms with E-state index in [4.69, 9.17) is 0 Å². The Bertz CT molecular complexity index is 511. The maximum Gasteiger partial charge on any atom is 0.282 e. The topological polar surface area (TPSA) is 55.9 Å². The zero-order valence-corrected chi connectivity index (χ0v) is 17.4. The van der Waals surface area contributed by atoms with Crippen LogP contribution in [0, 0.1) is 5.41 Å². The van der Waals surface area contributed by atoms with Gasteiger partial charge >= 0.3 is 0 Å². The average Bonchev–Trinajstić information content (AvgIpc) is 3.01. The molecule has 3 aliphatic rings. The number of hydrogen-bond acceptors (Lipinski definition) is 4. The van der Waals surface area contributed by atoms with E-state index in [9.17, 15) is 8.42 Å². The van der Waals surface area contributed by atoms with Crippen LogP contribution < -0.4 is 5.32 Å². The lowest BCUT2D eigenvalue weighted by Gasteiger charge is -2.40. The van der Waals surface area contributed by atoms with Crippen molar-refractivity contribution < 1.29 is 8.42 Å². The van der Waals surface area contributed by atoms with Gasteiger partial charge < -0.3 is 10.2 Å². The monoisotopic (exact) mass is 394 g/mol. The zero-order chi connectivity index (χ0) is 17.2. The van der Waals surface area contributed by atoms with E-state index in [0.717, 1.165) is 58.4 Å². The van der Waals surface area contributed by atoms with Crippen LogP contribution in [0.3, 0.4) is 0 Å². The molecule has 8 heteroatoms. The molecule has 3 rings (SSSR count). The van der Waals surface area contributed by atoms with E-state index in [1.165, 1.54) is 12.8 Å². The summed E-state index contributed by atoms with van der Waals surface area (Å²) in [7, 11) is -1.52. The number of nitrogens with one attached hydrogen (secondary N) is 1. The fourth-order valence-corrected chi connectivity index (χ4v) is 6.05. The van der Waals surface area contributed by atoms with Gasteiger partial charge in [-0.3, -0.25) is 0 Å². The lowest BCUT2D eigenvalue weighted by molar-refractivity contribution is 0.128.